The molecule has 0 aromatic carbocycles. The fourth-order valence-electron chi connectivity index (χ4n) is 2.28. The zero-order valence-electron chi connectivity index (χ0n) is 10.6. The van der Waals surface area contributed by atoms with Gasteiger partial charge in [0.2, 0.25) is 0 Å². The summed E-state index contributed by atoms with van der Waals surface area (Å²) in [6.45, 7) is 2.90. The van der Waals surface area contributed by atoms with Crippen LogP contribution in [0.4, 0.5) is 5.82 Å². The summed E-state index contributed by atoms with van der Waals surface area (Å²) in [7, 11) is 2.08. The van der Waals surface area contributed by atoms with Gasteiger partial charge in [-0.1, -0.05) is 6.07 Å². The molecule has 0 saturated carbocycles. The Balaban J connectivity index is 2.11. The molecule has 1 aliphatic rings. The lowest BCUT2D eigenvalue weighted by atomic mass is 10.1. The molecule has 1 N–H and O–H groups in total. The van der Waals surface area contributed by atoms with Gasteiger partial charge < -0.3 is 10.0 Å². The Morgan fingerprint density at radius 2 is 2.33 bits per heavy atom. The standard InChI is InChI=1S/C13H18N4O/c1-16-6-7-17(10-12(16)5-8-18)13-4-2-3-11(9-14)15-13/h2-4,12,18H,5-8,10H2,1H3. The fourth-order valence-corrected chi connectivity index (χ4v) is 2.28. The Bertz CT molecular complexity index is 443. The Morgan fingerprint density at radius 1 is 1.50 bits per heavy atom. The molecule has 0 aliphatic carbocycles. The maximum absolute atomic E-state index is 9.07. The van der Waals surface area contributed by atoms with Gasteiger partial charge in [-0.3, -0.25) is 4.90 Å². The predicted octanol–water partition coefficient (Wildman–Crippen LogP) is 0.456. The van der Waals surface area contributed by atoms with E-state index in [0.717, 1.165) is 31.9 Å². The second-order valence-electron chi connectivity index (χ2n) is 4.59. The number of aliphatic hydroxyl groups excluding tert-OH is 1. The van der Waals surface area contributed by atoms with Crippen LogP contribution in [0.15, 0.2) is 18.2 Å². The van der Waals surface area contributed by atoms with Gasteiger partial charge in [-0.15, -0.1) is 0 Å². The van der Waals surface area contributed by atoms with E-state index in [1.807, 2.05) is 12.1 Å². The Hall–Kier alpha value is -1.64. The van der Waals surface area contributed by atoms with E-state index in [9.17, 15) is 0 Å². The predicted molar refractivity (Wildman–Crippen MR) is 69.3 cm³/mol. The molecule has 5 nitrogen and oxygen atoms in total. The lowest BCUT2D eigenvalue weighted by Crippen LogP contribution is -2.52. The first-order valence-corrected chi connectivity index (χ1v) is 6.18. The molecular weight excluding hydrogens is 228 g/mol. The summed E-state index contributed by atoms with van der Waals surface area (Å²) in [5, 5.41) is 17.9. The quantitative estimate of drug-likeness (QED) is 0.839. The first kappa shape index (κ1) is 12.8. The third-order valence-electron chi connectivity index (χ3n) is 3.41. The molecule has 1 aromatic rings. The van der Waals surface area contributed by atoms with Crippen LogP contribution < -0.4 is 4.90 Å². The molecule has 18 heavy (non-hydrogen) atoms. The zero-order valence-corrected chi connectivity index (χ0v) is 10.6. The highest BCUT2D eigenvalue weighted by Gasteiger charge is 2.24. The summed E-state index contributed by atoms with van der Waals surface area (Å²) in [5.41, 5.74) is 0.449. The second kappa shape index (κ2) is 5.80. The molecule has 0 radical (unpaired) electrons. The Kier molecular flexibility index (Phi) is 4.13. The average molecular weight is 246 g/mol. The van der Waals surface area contributed by atoms with Gasteiger partial charge >= 0.3 is 0 Å². The summed E-state index contributed by atoms with van der Waals surface area (Å²) in [6, 6.07) is 7.91. The molecule has 5 heteroatoms. The molecule has 1 aliphatic heterocycles. The molecule has 0 amide bonds. The lowest BCUT2D eigenvalue weighted by Gasteiger charge is -2.39. The van der Waals surface area contributed by atoms with Crippen LogP contribution in [-0.4, -0.2) is 54.3 Å². The minimum atomic E-state index is 0.203. The number of rotatable bonds is 3. The number of pyridine rings is 1. The van der Waals surface area contributed by atoms with Crippen molar-refractivity contribution in [2.75, 3.05) is 38.2 Å². The van der Waals surface area contributed by atoms with Crippen molar-refractivity contribution in [1.29, 1.82) is 5.26 Å². The molecule has 1 atom stereocenters. The number of nitriles is 1. The third-order valence-corrected chi connectivity index (χ3v) is 3.41. The van der Waals surface area contributed by atoms with Gasteiger partial charge in [-0.2, -0.15) is 5.26 Å². The average Bonchev–Trinajstić information content (AvgIpc) is 2.41. The number of aromatic nitrogens is 1. The van der Waals surface area contributed by atoms with Gasteiger partial charge in [0.1, 0.15) is 17.6 Å². The van der Waals surface area contributed by atoms with Gasteiger partial charge in [-0.05, 0) is 25.6 Å². The summed E-state index contributed by atoms with van der Waals surface area (Å²) in [6.07, 6.45) is 0.769. The van der Waals surface area contributed by atoms with Crippen molar-refractivity contribution in [3.8, 4) is 6.07 Å². The van der Waals surface area contributed by atoms with Crippen LogP contribution in [0.5, 0.6) is 0 Å². The van der Waals surface area contributed by atoms with Gasteiger partial charge in [0.15, 0.2) is 0 Å². The minimum Gasteiger partial charge on any atom is -0.396 e. The van der Waals surface area contributed by atoms with Crippen LogP contribution in [0, 0.1) is 11.3 Å². The topological polar surface area (TPSA) is 63.4 Å². The van der Waals surface area contributed by atoms with Crippen LogP contribution >= 0.6 is 0 Å². The van der Waals surface area contributed by atoms with E-state index in [2.05, 4.69) is 27.9 Å². The van der Waals surface area contributed by atoms with E-state index >= 15 is 0 Å². The lowest BCUT2D eigenvalue weighted by molar-refractivity contribution is 0.170. The fraction of sp³-hybridized carbons (Fsp3) is 0.538. The molecule has 1 unspecified atom stereocenters. The van der Waals surface area contributed by atoms with Crippen molar-refractivity contribution < 1.29 is 5.11 Å². The van der Waals surface area contributed by atoms with Gasteiger partial charge in [0, 0.05) is 32.3 Å². The van der Waals surface area contributed by atoms with Crippen molar-refractivity contribution in [2.24, 2.45) is 0 Å². The van der Waals surface area contributed by atoms with Crippen LogP contribution in [-0.2, 0) is 0 Å². The largest absolute Gasteiger partial charge is 0.396 e. The van der Waals surface area contributed by atoms with Crippen LogP contribution in [0.1, 0.15) is 12.1 Å². The van der Waals surface area contributed by atoms with Crippen LogP contribution in [0.2, 0.25) is 0 Å². The molecule has 2 heterocycles. The maximum Gasteiger partial charge on any atom is 0.142 e. The molecule has 96 valence electrons. The molecule has 2 rings (SSSR count). The molecular formula is C13H18N4O. The van der Waals surface area contributed by atoms with E-state index in [1.165, 1.54) is 0 Å². The highest BCUT2D eigenvalue weighted by atomic mass is 16.3. The number of likely N-dealkylation sites (N-methyl/N-ethyl adjacent to an activating group) is 1. The van der Waals surface area contributed by atoms with E-state index < -0.39 is 0 Å². The molecule has 0 bridgehead atoms. The maximum atomic E-state index is 9.07. The molecule has 1 fully saturated rings. The number of piperazine rings is 1. The Labute approximate surface area is 107 Å². The van der Waals surface area contributed by atoms with Crippen molar-refractivity contribution in [3.05, 3.63) is 23.9 Å². The normalized spacial score (nSPS) is 20.7. The number of nitrogens with zero attached hydrogens (tertiary/aromatic N) is 4. The van der Waals surface area contributed by atoms with E-state index in [-0.39, 0.29) is 6.61 Å². The first-order chi connectivity index (χ1) is 8.74. The van der Waals surface area contributed by atoms with Crippen LogP contribution in [0.25, 0.3) is 0 Å². The van der Waals surface area contributed by atoms with E-state index in [1.54, 1.807) is 6.07 Å². The Morgan fingerprint density at radius 3 is 3.06 bits per heavy atom. The number of anilines is 1. The first-order valence-electron chi connectivity index (χ1n) is 6.18. The van der Waals surface area contributed by atoms with Gasteiger partial charge in [0.05, 0.1) is 0 Å². The van der Waals surface area contributed by atoms with Gasteiger partial charge in [-0.25, -0.2) is 4.98 Å². The SMILES string of the molecule is CN1CCN(c2cccc(C#N)n2)CC1CCO. The van der Waals surface area contributed by atoms with Gasteiger partial charge in [0.25, 0.3) is 0 Å². The van der Waals surface area contributed by atoms with Crippen molar-refractivity contribution in [2.45, 2.75) is 12.5 Å². The van der Waals surface area contributed by atoms with Crippen molar-refractivity contribution in [3.63, 3.8) is 0 Å². The van der Waals surface area contributed by atoms with Crippen molar-refractivity contribution >= 4 is 5.82 Å². The minimum absolute atomic E-state index is 0.203. The summed E-state index contributed by atoms with van der Waals surface area (Å²) < 4.78 is 0. The summed E-state index contributed by atoms with van der Waals surface area (Å²) >= 11 is 0. The number of hydrogen-bond acceptors (Lipinski definition) is 5. The summed E-state index contributed by atoms with van der Waals surface area (Å²) in [4.78, 5) is 8.76. The highest BCUT2D eigenvalue weighted by Crippen LogP contribution is 2.17. The third kappa shape index (κ3) is 2.78. The van der Waals surface area contributed by atoms with E-state index in [0.29, 0.717) is 11.7 Å². The summed E-state index contributed by atoms with van der Waals surface area (Å²) in [5.74, 6) is 0.852. The number of aliphatic hydroxyl groups is 1. The molecule has 0 spiro atoms. The number of hydrogen-bond donors (Lipinski definition) is 1. The smallest absolute Gasteiger partial charge is 0.142 e. The monoisotopic (exact) mass is 246 g/mol. The van der Waals surface area contributed by atoms with E-state index in [4.69, 9.17) is 10.4 Å². The molecule has 1 saturated heterocycles. The van der Waals surface area contributed by atoms with Crippen LogP contribution in [0.3, 0.4) is 0 Å². The van der Waals surface area contributed by atoms with Crippen molar-refractivity contribution in [1.82, 2.24) is 9.88 Å². The zero-order chi connectivity index (χ0) is 13.0. The molecule has 1 aromatic heterocycles. The second-order valence-corrected chi connectivity index (χ2v) is 4.59. The highest BCUT2D eigenvalue weighted by molar-refractivity contribution is 5.42.